The van der Waals surface area contributed by atoms with Gasteiger partial charge in [-0.15, -0.1) is 0 Å². The SMILES string of the molecule is COCCC1(CNC(=O)C(C)(C)N)CCC1. The fraction of sp³-hybridized carbons (Fsp3) is 0.917. The first-order valence-corrected chi connectivity index (χ1v) is 5.96. The molecular formula is C12H24N2O2. The number of amides is 1. The van der Waals surface area contributed by atoms with Crippen molar-refractivity contribution in [3.8, 4) is 0 Å². The number of ether oxygens (including phenoxy) is 1. The van der Waals surface area contributed by atoms with E-state index in [4.69, 9.17) is 10.5 Å². The molecular weight excluding hydrogens is 204 g/mol. The largest absolute Gasteiger partial charge is 0.385 e. The molecule has 0 saturated heterocycles. The summed E-state index contributed by atoms with van der Waals surface area (Å²) in [6.45, 7) is 4.95. The lowest BCUT2D eigenvalue weighted by molar-refractivity contribution is -0.126. The van der Waals surface area contributed by atoms with Gasteiger partial charge in [0.05, 0.1) is 5.54 Å². The highest BCUT2D eigenvalue weighted by molar-refractivity contribution is 5.85. The van der Waals surface area contributed by atoms with Crippen LogP contribution in [-0.4, -0.2) is 31.7 Å². The Morgan fingerprint density at radius 1 is 1.50 bits per heavy atom. The summed E-state index contributed by atoms with van der Waals surface area (Å²) < 4.78 is 5.11. The van der Waals surface area contributed by atoms with E-state index in [0.29, 0.717) is 0 Å². The molecule has 4 nitrogen and oxygen atoms in total. The maximum Gasteiger partial charge on any atom is 0.239 e. The Bertz CT molecular complexity index is 242. The Labute approximate surface area is 97.9 Å². The Kier molecular flexibility index (Phi) is 4.33. The number of nitrogens with one attached hydrogen (secondary N) is 1. The minimum atomic E-state index is -0.786. The highest BCUT2D eigenvalue weighted by Crippen LogP contribution is 2.43. The second-order valence-electron chi connectivity index (χ2n) is 5.50. The molecule has 0 aromatic heterocycles. The topological polar surface area (TPSA) is 64.3 Å². The van der Waals surface area contributed by atoms with Crippen molar-refractivity contribution in [1.82, 2.24) is 5.32 Å². The number of methoxy groups -OCH3 is 1. The average Bonchev–Trinajstić information content (AvgIpc) is 2.14. The molecule has 0 unspecified atom stereocenters. The summed E-state index contributed by atoms with van der Waals surface area (Å²) in [6.07, 6.45) is 4.64. The van der Waals surface area contributed by atoms with E-state index in [1.54, 1.807) is 21.0 Å². The van der Waals surface area contributed by atoms with Crippen molar-refractivity contribution >= 4 is 5.91 Å². The summed E-state index contributed by atoms with van der Waals surface area (Å²) in [6, 6.07) is 0. The van der Waals surface area contributed by atoms with Gasteiger partial charge in [0.25, 0.3) is 0 Å². The van der Waals surface area contributed by atoms with E-state index in [0.717, 1.165) is 19.6 Å². The first kappa shape index (κ1) is 13.5. The summed E-state index contributed by atoms with van der Waals surface area (Å²) >= 11 is 0. The zero-order valence-corrected chi connectivity index (χ0v) is 10.6. The predicted octanol–water partition coefficient (Wildman–Crippen LogP) is 1.05. The van der Waals surface area contributed by atoms with Crippen LogP contribution in [0.5, 0.6) is 0 Å². The Balaban J connectivity index is 2.37. The van der Waals surface area contributed by atoms with Crippen molar-refractivity contribution in [3.63, 3.8) is 0 Å². The van der Waals surface area contributed by atoms with Gasteiger partial charge in [0.2, 0.25) is 5.91 Å². The molecule has 3 N–H and O–H groups in total. The molecule has 94 valence electrons. The second kappa shape index (κ2) is 5.15. The van der Waals surface area contributed by atoms with Crippen molar-refractivity contribution in [2.75, 3.05) is 20.3 Å². The van der Waals surface area contributed by atoms with Gasteiger partial charge in [0.15, 0.2) is 0 Å². The third-order valence-electron chi connectivity index (χ3n) is 3.46. The summed E-state index contributed by atoms with van der Waals surface area (Å²) in [7, 11) is 1.72. The molecule has 1 amide bonds. The van der Waals surface area contributed by atoms with Gasteiger partial charge >= 0.3 is 0 Å². The van der Waals surface area contributed by atoms with E-state index in [2.05, 4.69) is 5.32 Å². The maximum atomic E-state index is 11.7. The van der Waals surface area contributed by atoms with Crippen molar-refractivity contribution in [2.24, 2.45) is 11.1 Å². The van der Waals surface area contributed by atoms with Gasteiger partial charge in [0, 0.05) is 20.3 Å². The molecule has 0 aliphatic heterocycles. The summed E-state index contributed by atoms with van der Waals surface area (Å²) in [4.78, 5) is 11.7. The molecule has 1 rings (SSSR count). The van der Waals surface area contributed by atoms with E-state index in [-0.39, 0.29) is 11.3 Å². The van der Waals surface area contributed by atoms with E-state index in [1.165, 1.54) is 19.3 Å². The molecule has 1 saturated carbocycles. The Morgan fingerprint density at radius 3 is 2.50 bits per heavy atom. The standard InChI is InChI=1S/C12H24N2O2/c1-11(2,13)10(15)14-9-12(5-4-6-12)7-8-16-3/h4-9,13H2,1-3H3,(H,14,15). The van der Waals surface area contributed by atoms with Gasteiger partial charge in [-0.2, -0.15) is 0 Å². The van der Waals surface area contributed by atoms with Gasteiger partial charge < -0.3 is 15.8 Å². The zero-order valence-electron chi connectivity index (χ0n) is 10.6. The van der Waals surface area contributed by atoms with Gasteiger partial charge in [-0.1, -0.05) is 6.42 Å². The molecule has 0 aromatic rings. The van der Waals surface area contributed by atoms with Gasteiger partial charge in [-0.05, 0) is 38.5 Å². The lowest BCUT2D eigenvalue weighted by atomic mass is 9.66. The smallest absolute Gasteiger partial charge is 0.239 e. The van der Waals surface area contributed by atoms with Crippen LogP contribution in [-0.2, 0) is 9.53 Å². The predicted molar refractivity (Wildman–Crippen MR) is 64.1 cm³/mol. The molecule has 1 fully saturated rings. The molecule has 0 heterocycles. The minimum absolute atomic E-state index is 0.0730. The zero-order chi connectivity index (χ0) is 12.2. The third kappa shape index (κ3) is 3.46. The normalized spacial score (nSPS) is 19.0. The Morgan fingerprint density at radius 2 is 2.12 bits per heavy atom. The van der Waals surface area contributed by atoms with Crippen LogP contribution >= 0.6 is 0 Å². The molecule has 0 atom stereocenters. The van der Waals surface area contributed by atoms with Crippen molar-refractivity contribution < 1.29 is 9.53 Å². The average molecular weight is 228 g/mol. The maximum absolute atomic E-state index is 11.7. The lowest BCUT2D eigenvalue weighted by Gasteiger charge is -2.42. The van der Waals surface area contributed by atoms with Crippen LogP contribution in [0.3, 0.4) is 0 Å². The third-order valence-corrected chi connectivity index (χ3v) is 3.46. The van der Waals surface area contributed by atoms with Crippen LogP contribution in [0.15, 0.2) is 0 Å². The summed E-state index contributed by atoms with van der Waals surface area (Å²) in [5.74, 6) is -0.0730. The van der Waals surface area contributed by atoms with Crippen LogP contribution in [0, 0.1) is 5.41 Å². The fourth-order valence-electron chi connectivity index (χ4n) is 2.01. The van der Waals surface area contributed by atoms with Crippen LogP contribution in [0.25, 0.3) is 0 Å². The molecule has 0 radical (unpaired) electrons. The lowest BCUT2D eigenvalue weighted by Crippen LogP contribution is -2.52. The quantitative estimate of drug-likeness (QED) is 0.714. The number of nitrogens with two attached hydrogens (primary N) is 1. The van der Waals surface area contributed by atoms with Crippen LogP contribution in [0.4, 0.5) is 0 Å². The Hall–Kier alpha value is -0.610. The minimum Gasteiger partial charge on any atom is -0.385 e. The molecule has 1 aliphatic carbocycles. The van der Waals surface area contributed by atoms with Crippen molar-refractivity contribution in [1.29, 1.82) is 0 Å². The van der Waals surface area contributed by atoms with Crippen LogP contribution in [0.1, 0.15) is 39.5 Å². The highest BCUT2D eigenvalue weighted by atomic mass is 16.5. The van der Waals surface area contributed by atoms with Crippen LogP contribution in [0.2, 0.25) is 0 Å². The van der Waals surface area contributed by atoms with Gasteiger partial charge in [-0.25, -0.2) is 0 Å². The van der Waals surface area contributed by atoms with E-state index in [1.807, 2.05) is 0 Å². The summed E-state index contributed by atoms with van der Waals surface area (Å²) in [5.41, 5.74) is 5.21. The molecule has 0 bridgehead atoms. The molecule has 4 heteroatoms. The molecule has 1 aliphatic rings. The van der Waals surface area contributed by atoms with Crippen molar-refractivity contribution in [3.05, 3.63) is 0 Å². The van der Waals surface area contributed by atoms with Gasteiger partial charge in [-0.3, -0.25) is 4.79 Å². The number of rotatable bonds is 6. The highest BCUT2D eigenvalue weighted by Gasteiger charge is 2.37. The van der Waals surface area contributed by atoms with E-state index >= 15 is 0 Å². The molecule has 16 heavy (non-hydrogen) atoms. The van der Waals surface area contributed by atoms with E-state index in [9.17, 15) is 4.79 Å². The summed E-state index contributed by atoms with van der Waals surface area (Å²) in [5, 5.41) is 2.95. The first-order valence-electron chi connectivity index (χ1n) is 5.96. The van der Waals surface area contributed by atoms with Crippen molar-refractivity contribution in [2.45, 2.75) is 45.1 Å². The monoisotopic (exact) mass is 228 g/mol. The van der Waals surface area contributed by atoms with E-state index < -0.39 is 5.54 Å². The van der Waals surface area contributed by atoms with Crippen LogP contribution < -0.4 is 11.1 Å². The number of carbonyl (C=O) groups excluding carboxylic acids is 1. The number of hydrogen-bond donors (Lipinski definition) is 2. The number of hydrogen-bond acceptors (Lipinski definition) is 3. The number of carbonyl (C=O) groups is 1. The van der Waals surface area contributed by atoms with Gasteiger partial charge in [0.1, 0.15) is 0 Å². The molecule has 0 spiro atoms. The fourth-order valence-corrected chi connectivity index (χ4v) is 2.01. The first-order chi connectivity index (χ1) is 7.40. The molecule has 0 aromatic carbocycles. The second-order valence-corrected chi connectivity index (χ2v) is 5.50.